The zero-order chi connectivity index (χ0) is 16.8. The van der Waals surface area contributed by atoms with Gasteiger partial charge in [-0.3, -0.25) is 19.6 Å². The lowest BCUT2D eigenvalue weighted by Gasteiger charge is -2.11. The zero-order valence-corrected chi connectivity index (χ0v) is 12.8. The highest BCUT2D eigenvalue weighted by atomic mass is 35.5. The van der Waals surface area contributed by atoms with E-state index in [0.717, 1.165) is 6.20 Å². The highest BCUT2D eigenvalue weighted by Gasteiger charge is 2.13. The molecular weight excluding hydrogens is 324 g/mol. The lowest BCUT2D eigenvalue weighted by atomic mass is 10.1. The minimum Gasteiger partial charge on any atom is -0.388 e. The molecule has 0 radical (unpaired) electrons. The molecule has 0 aliphatic rings. The molecule has 0 saturated carbocycles. The number of carbonyl (C=O) groups excluding carboxylic acids is 1. The second-order valence-corrected chi connectivity index (χ2v) is 5.28. The number of amides is 1. The fourth-order valence-corrected chi connectivity index (χ4v) is 2.06. The molecule has 2 rings (SSSR count). The van der Waals surface area contributed by atoms with Crippen molar-refractivity contribution in [3.8, 4) is 0 Å². The van der Waals surface area contributed by atoms with E-state index in [1.54, 1.807) is 24.3 Å². The van der Waals surface area contributed by atoms with E-state index in [1.165, 1.54) is 10.9 Å². The molecular formula is C14H15ClN4O4. The van der Waals surface area contributed by atoms with Crippen LogP contribution < -0.4 is 5.32 Å². The van der Waals surface area contributed by atoms with Crippen LogP contribution in [0.15, 0.2) is 36.7 Å². The van der Waals surface area contributed by atoms with Crippen molar-refractivity contribution in [1.29, 1.82) is 0 Å². The van der Waals surface area contributed by atoms with Gasteiger partial charge in [-0.2, -0.15) is 5.10 Å². The van der Waals surface area contributed by atoms with E-state index in [0.29, 0.717) is 17.1 Å². The van der Waals surface area contributed by atoms with E-state index in [9.17, 15) is 20.0 Å². The number of aromatic nitrogens is 2. The number of aliphatic hydroxyl groups is 1. The summed E-state index contributed by atoms with van der Waals surface area (Å²) in [5, 5.41) is 27.5. The minimum absolute atomic E-state index is 0.0825. The van der Waals surface area contributed by atoms with E-state index in [-0.39, 0.29) is 24.6 Å². The van der Waals surface area contributed by atoms with Gasteiger partial charge in [0.15, 0.2) is 0 Å². The summed E-state index contributed by atoms with van der Waals surface area (Å²) in [6.07, 6.45) is 1.43. The molecule has 0 spiro atoms. The second-order valence-electron chi connectivity index (χ2n) is 4.84. The van der Waals surface area contributed by atoms with Crippen molar-refractivity contribution in [2.45, 2.75) is 19.1 Å². The van der Waals surface area contributed by atoms with Crippen LogP contribution in [0.5, 0.6) is 0 Å². The quantitative estimate of drug-likeness (QED) is 0.589. The van der Waals surface area contributed by atoms with Gasteiger partial charge in [0.2, 0.25) is 5.91 Å². The fourth-order valence-electron chi connectivity index (χ4n) is 1.93. The summed E-state index contributed by atoms with van der Waals surface area (Å²) in [7, 11) is 0. The molecule has 0 aliphatic carbocycles. The number of rotatable bonds is 7. The molecule has 1 aromatic carbocycles. The minimum atomic E-state index is -0.918. The monoisotopic (exact) mass is 338 g/mol. The van der Waals surface area contributed by atoms with E-state index >= 15 is 0 Å². The van der Waals surface area contributed by atoms with Crippen molar-refractivity contribution in [1.82, 2.24) is 15.1 Å². The van der Waals surface area contributed by atoms with Gasteiger partial charge in [-0.05, 0) is 17.7 Å². The Hall–Kier alpha value is -2.45. The van der Waals surface area contributed by atoms with Crippen LogP contribution in [0.3, 0.4) is 0 Å². The van der Waals surface area contributed by atoms with Crippen molar-refractivity contribution in [2.24, 2.45) is 0 Å². The molecule has 1 amide bonds. The number of hydrogen-bond donors (Lipinski definition) is 2. The Kier molecular flexibility index (Phi) is 5.67. The summed E-state index contributed by atoms with van der Waals surface area (Å²) in [5.74, 6) is -0.325. The second kappa shape index (κ2) is 7.70. The van der Waals surface area contributed by atoms with Gasteiger partial charge in [-0.1, -0.05) is 23.7 Å². The Morgan fingerprint density at radius 1 is 1.43 bits per heavy atom. The highest BCUT2D eigenvalue weighted by molar-refractivity contribution is 6.30. The number of benzene rings is 1. The van der Waals surface area contributed by atoms with Crippen molar-refractivity contribution in [3.63, 3.8) is 0 Å². The first-order chi connectivity index (χ1) is 11.0. The van der Waals surface area contributed by atoms with Crippen LogP contribution in [0.1, 0.15) is 18.1 Å². The first-order valence-electron chi connectivity index (χ1n) is 6.83. The zero-order valence-electron chi connectivity index (χ0n) is 12.1. The molecule has 9 heteroatoms. The van der Waals surface area contributed by atoms with Crippen molar-refractivity contribution < 1.29 is 14.8 Å². The van der Waals surface area contributed by atoms with Crippen LogP contribution in [-0.4, -0.2) is 32.3 Å². The first-order valence-corrected chi connectivity index (χ1v) is 7.20. The maximum Gasteiger partial charge on any atom is 0.306 e. The molecule has 1 unspecified atom stereocenters. The number of hydrogen-bond acceptors (Lipinski definition) is 5. The molecule has 1 atom stereocenters. The third-order valence-corrected chi connectivity index (χ3v) is 3.38. The highest BCUT2D eigenvalue weighted by Crippen LogP contribution is 2.18. The average Bonchev–Trinajstić information content (AvgIpc) is 2.97. The van der Waals surface area contributed by atoms with Crippen LogP contribution >= 0.6 is 11.6 Å². The predicted molar refractivity (Wildman–Crippen MR) is 82.9 cm³/mol. The number of carbonyl (C=O) groups is 1. The summed E-state index contributed by atoms with van der Waals surface area (Å²) in [4.78, 5) is 21.7. The van der Waals surface area contributed by atoms with Gasteiger partial charge in [-0.25, -0.2) is 0 Å². The maximum absolute atomic E-state index is 11.8. The molecule has 0 saturated heterocycles. The molecule has 122 valence electrons. The maximum atomic E-state index is 11.8. The average molecular weight is 339 g/mol. The number of aliphatic hydroxyl groups excluding tert-OH is 1. The standard InChI is InChI=1S/C14H15ClN4O4/c15-11-3-1-10(2-4-11)13(20)7-14(21)16-5-6-18-9-12(8-17-18)19(22)23/h1-4,8-9,13,20H,5-7H2,(H,16,21). The van der Waals surface area contributed by atoms with Crippen molar-refractivity contribution in [2.75, 3.05) is 6.54 Å². The predicted octanol–water partition coefficient (Wildman–Crippen LogP) is 1.68. The molecule has 0 bridgehead atoms. The summed E-state index contributed by atoms with van der Waals surface area (Å²) in [5.41, 5.74) is 0.502. The van der Waals surface area contributed by atoms with Gasteiger partial charge in [0.1, 0.15) is 12.4 Å². The third kappa shape index (κ3) is 5.04. The van der Waals surface area contributed by atoms with Gasteiger partial charge < -0.3 is 10.4 Å². The number of halogens is 1. The largest absolute Gasteiger partial charge is 0.388 e. The summed E-state index contributed by atoms with van der Waals surface area (Å²) in [6, 6.07) is 6.59. The molecule has 1 aromatic heterocycles. The Morgan fingerprint density at radius 3 is 2.74 bits per heavy atom. The van der Waals surface area contributed by atoms with E-state index in [4.69, 9.17) is 11.6 Å². The Bertz CT molecular complexity index is 686. The van der Waals surface area contributed by atoms with Gasteiger partial charge >= 0.3 is 5.69 Å². The van der Waals surface area contributed by atoms with Gasteiger partial charge in [0.25, 0.3) is 0 Å². The number of nitrogens with zero attached hydrogens (tertiary/aromatic N) is 3. The Labute approximate surface area is 136 Å². The summed E-state index contributed by atoms with van der Waals surface area (Å²) in [6.45, 7) is 0.557. The molecule has 0 fully saturated rings. The fraction of sp³-hybridized carbons (Fsp3) is 0.286. The van der Waals surface area contributed by atoms with Crippen molar-refractivity contribution >= 4 is 23.2 Å². The molecule has 23 heavy (non-hydrogen) atoms. The van der Waals surface area contributed by atoms with Crippen molar-refractivity contribution in [3.05, 3.63) is 57.4 Å². The SMILES string of the molecule is O=C(CC(O)c1ccc(Cl)cc1)NCCn1cc([N+](=O)[O-])cn1. The number of nitro groups is 1. The first kappa shape index (κ1) is 16.9. The van der Waals surface area contributed by atoms with Gasteiger partial charge in [0, 0.05) is 11.6 Å². The molecule has 1 heterocycles. The van der Waals surface area contributed by atoms with Crippen LogP contribution in [0.4, 0.5) is 5.69 Å². The summed E-state index contributed by atoms with van der Waals surface area (Å²) < 4.78 is 1.37. The van der Waals surface area contributed by atoms with E-state index < -0.39 is 11.0 Å². The third-order valence-electron chi connectivity index (χ3n) is 3.13. The van der Waals surface area contributed by atoms with E-state index in [2.05, 4.69) is 10.4 Å². The van der Waals surface area contributed by atoms with E-state index in [1.807, 2.05) is 0 Å². The normalized spacial score (nSPS) is 11.9. The molecule has 2 aromatic rings. The topological polar surface area (TPSA) is 110 Å². The van der Waals surface area contributed by atoms with Crippen LogP contribution in [-0.2, 0) is 11.3 Å². The molecule has 2 N–H and O–H groups in total. The molecule has 8 nitrogen and oxygen atoms in total. The Morgan fingerprint density at radius 2 is 2.13 bits per heavy atom. The molecule has 0 aliphatic heterocycles. The lowest BCUT2D eigenvalue weighted by Crippen LogP contribution is -2.28. The van der Waals surface area contributed by atoms with Crippen LogP contribution in [0, 0.1) is 10.1 Å². The van der Waals surface area contributed by atoms with Gasteiger partial charge in [0.05, 0.1) is 24.0 Å². The summed E-state index contributed by atoms with van der Waals surface area (Å²) >= 11 is 5.76. The van der Waals surface area contributed by atoms with Gasteiger partial charge in [-0.15, -0.1) is 0 Å². The lowest BCUT2D eigenvalue weighted by molar-refractivity contribution is -0.385. The van der Waals surface area contributed by atoms with Crippen LogP contribution in [0.25, 0.3) is 0 Å². The van der Waals surface area contributed by atoms with Crippen LogP contribution in [0.2, 0.25) is 5.02 Å². The number of nitrogens with one attached hydrogen (secondary N) is 1. The Balaban J connectivity index is 1.76. The smallest absolute Gasteiger partial charge is 0.306 e.